The third-order valence-electron chi connectivity index (χ3n) is 2.95. The quantitative estimate of drug-likeness (QED) is 0.782. The van der Waals surface area contributed by atoms with Gasteiger partial charge in [0.05, 0.1) is 5.56 Å². The molecule has 0 bridgehead atoms. The van der Waals surface area contributed by atoms with Crippen LogP contribution in [-0.2, 0) is 0 Å². The Morgan fingerprint density at radius 3 is 2.94 bits per heavy atom. The monoisotopic (exact) mass is 296 g/mol. The Morgan fingerprint density at radius 2 is 2.35 bits per heavy atom. The molecule has 1 amide bonds. The van der Waals surface area contributed by atoms with E-state index in [1.807, 2.05) is 11.0 Å². The molecule has 1 aliphatic carbocycles. The van der Waals surface area contributed by atoms with E-state index in [-0.39, 0.29) is 5.91 Å². The number of nitrogens with zero attached hydrogens (tertiary/aromatic N) is 2. The summed E-state index contributed by atoms with van der Waals surface area (Å²) >= 11 is 3.34. The summed E-state index contributed by atoms with van der Waals surface area (Å²) in [4.78, 5) is 18.4. The molecule has 1 aliphatic rings. The minimum atomic E-state index is 0.0960. The molecule has 0 aromatic carbocycles. The van der Waals surface area contributed by atoms with Gasteiger partial charge in [-0.25, -0.2) is 4.98 Å². The van der Waals surface area contributed by atoms with E-state index < -0.39 is 0 Å². The maximum atomic E-state index is 12.4. The molecule has 0 spiro atoms. The highest BCUT2D eigenvalue weighted by Crippen LogP contribution is 2.30. The number of hydrogen-bond acceptors (Lipinski definition) is 2. The van der Waals surface area contributed by atoms with E-state index >= 15 is 0 Å². The number of aromatic nitrogens is 1. The molecule has 1 saturated carbocycles. The first kappa shape index (κ1) is 12.6. The average molecular weight is 297 g/mol. The Kier molecular flexibility index (Phi) is 4.15. The zero-order valence-electron chi connectivity index (χ0n) is 10.0. The molecule has 92 valence electrons. The van der Waals surface area contributed by atoms with Gasteiger partial charge in [0.25, 0.3) is 5.91 Å². The first-order valence-corrected chi connectivity index (χ1v) is 6.91. The summed E-state index contributed by atoms with van der Waals surface area (Å²) in [6.45, 7) is 3.83. The molecule has 0 atom stereocenters. The SMILES string of the molecule is CCCN(CC1CC1)C(=O)c1cccnc1Br. The fourth-order valence-corrected chi connectivity index (χ4v) is 2.29. The fourth-order valence-electron chi connectivity index (χ4n) is 1.87. The van der Waals surface area contributed by atoms with Crippen LogP contribution in [0.2, 0.25) is 0 Å². The summed E-state index contributed by atoms with van der Waals surface area (Å²) in [6.07, 6.45) is 5.21. The normalized spacial score (nSPS) is 14.7. The van der Waals surface area contributed by atoms with Crippen LogP contribution in [0.4, 0.5) is 0 Å². The molecular formula is C13H17BrN2O. The third kappa shape index (κ3) is 3.28. The molecule has 0 radical (unpaired) electrons. The van der Waals surface area contributed by atoms with Gasteiger partial charge in [-0.15, -0.1) is 0 Å². The van der Waals surface area contributed by atoms with Crippen LogP contribution in [0.3, 0.4) is 0 Å². The number of hydrogen-bond donors (Lipinski definition) is 0. The minimum Gasteiger partial charge on any atom is -0.338 e. The molecule has 0 saturated heterocycles. The zero-order chi connectivity index (χ0) is 12.3. The van der Waals surface area contributed by atoms with E-state index in [0.29, 0.717) is 10.2 Å². The summed E-state index contributed by atoms with van der Waals surface area (Å²) in [6, 6.07) is 3.63. The Bertz CT molecular complexity index is 404. The molecular weight excluding hydrogens is 280 g/mol. The van der Waals surface area contributed by atoms with Crippen LogP contribution in [0.15, 0.2) is 22.9 Å². The lowest BCUT2D eigenvalue weighted by Gasteiger charge is -2.22. The summed E-state index contributed by atoms with van der Waals surface area (Å²) in [5, 5.41) is 0. The van der Waals surface area contributed by atoms with Gasteiger partial charge in [0, 0.05) is 19.3 Å². The van der Waals surface area contributed by atoms with Crippen molar-refractivity contribution in [2.24, 2.45) is 5.92 Å². The van der Waals surface area contributed by atoms with E-state index in [0.717, 1.165) is 25.4 Å². The third-order valence-corrected chi connectivity index (χ3v) is 3.58. The maximum absolute atomic E-state index is 12.4. The van der Waals surface area contributed by atoms with Gasteiger partial charge >= 0.3 is 0 Å². The Balaban J connectivity index is 2.11. The predicted octanol–water partition coefficient (Wildman–Crippen LogP) is 3.11. The highest BCUT2D eigenvalue weighted by Gasteiger charge is 2.27. The maximum Gasteiger partial charge on any atom is 0.256 e. The second kappa shape index (κ2) is 5.63. The summed E-state index contributed by atoms with van der Waals surface area (Å²) in [5.41, 5.74) is 0.668. The molecule has 1 aromatic heterocycles. The van der Waals surface area contributed by atoms with Crippen LogP contribution in [0.1, 0.15) is 36.5 Å². The Labute approximate surface area is 110 Å². The van der Waals surface area contributed by atoms with Gasteiger partial charge in [0.2, 0.25) is 0 Å². The molecule has 1 heterocycles. The van der Waals surface area contributed by atoms with E-state index in [2.05, 4.69) is 27.8 Å². The van der Waals surface area contributed by atoms with Crippen LogP contribution >= 0.6 is 15.9 Å². The van der Waals surface area contributed by atoms with Crippen molar-refractivity contribution >= 4 is 21.8 Å². The molecule has 17 heavy (non-hydrogen) atoms. The fraction of sp³-hybridized carbons (Fsp3) is 0.538. The lowest BCUT2D eigenvalue weighted by molar-refractivity contribution is 0.0746. The molecule has 0 unspecified atom stereocenters. The summed E-state index contributed by atoms with van der Waals surface area (Å²) < 4.78 is 0.641. The minimum absolute atomic E-state index is 0.0960. The second-order valence-corrected chi connectivity index (χ2v) is 5.29. The first-order valence-electron chi connectivity index (χ1n) is 6.12. The van der Waals surface area contributed by atoms with Gasteiger partial charge in [-0.2, -0.15) is 0 Å². The molecule has 0 N–H and O–H groups in total. The van der Waals surface area contributed by atoms with Crippen molar-refractivity contribution in [1.29, 1.82) is 0 Å². The van der Waals surface area contributed by atoms with Crippen LogP contribution in [-0.4, -0.2) is 28.9 Å². The number of carbonyl (C=O) groups is 1. The number of halogens is 1. The van der Waals surface area contributed by atoms with Crippen LogP contribution in [0, 0.1) is 5.92 Å². The van der Waals surface area contributed by atoms with Gasteiger partial charge in [-0.05, 0) is 53.2 Å². The lowest BCUT2D eigenvalue weighted by Crippen LogP contribution is -2.33. The lowest BCUT2D eigenvalue weighted by atomic mass is 10.2. The number of amides is 1. The molecule has 1 aromatic rings. The molecule has 4 heteroatoms. The van der Waals surface area contributed by atoms with Crippen molar-refractivity contribution in [2.45, 2.75) is 26.2 Å². The van der Waals surface area contributed by atoms with Crippen molar-refractivity contribution in [3.63, 3.8) is 0 Å². The average Bonchev–Trinajstić information content (AvgIpc) is 3.12. The van der Waals surface area contributed by atoms with E-state index in [1.165, 1.54) is 12.8 Å². The largest absolute Gasteiger partial charge is 0.338 e. The van der Waals surface area contributed by atoms with Crippen molar-refractivity contribution in [3.05, 3.63) is 28.5 Å². The Hall–Kier alpha value is -0.900. The molecule has 2 rings (SSSR count). The van der Waals surface area contributed by atoms with E-state index in [9.17, 15) is 4.79 Å². The van der Waals surface area contributed by atoms with Gasteiger partial charge in [0.15, 0.2) is 0 Å². The molecule has 0 aliphatic heterocycles. The first-order chi connectivity index (χ1) is 8.22. The van der Waals surface area contributed by atoms with Crippen molar-refractivity contribution in [1.82, 2.24) is 9.88 Å². The smallest absolute Gasteiger partial charge is 0.256 e. The van der Waals surface area contributed by atoms with Crippen molar-refractivity contribution < 1.29 is 4.79 Å². The topological polar surface area (TPSA) is 33.2 Å². The van der Waals surface area contributed by atoms with Gasteiger partial charge in [-0.1, -0.05) is 6.92 Å². The van der Waals surface area contributed by atoms with Crippen LogP contribution < -0.4 is 0 Å². The van der Waals surface area contributed by atoms with Crippen LogP contribution in [0.25, 0.3) is 0 Å². The van der Waals surface area contributed by atoms with Gasteiger partial charge in [-0.3, -0.25) is 4.79 Å². The number of rotatable bonds is 5. The summed E-state index contributed by atoms with van der Waals surface area (Å²) in [7, 11) is 0. The highest BCUT2D eigenvalue weighted by atomic mass is 79.9. The number of carbonyl (C=O) groups excluding carboxylic acids is 1. The standard InChI is InChI=1S/C13H17BrN2O/c1-2-8-16(9-10-5-6-10)13(17)11-4-3-7-15-12(11)14/h3-4,7,10H,2,5-6,8-9H2,1H3. The molecule has 1 fully saturated rings. The number of pyridine rings is 1. The Morgan fingerprint density at radius 1 is 1.59 bits per heavy atom. The predicted molar refractivity (Wildman–Crippen MR) is 70.9 cm³/mol. The zero-order valence-corrected chi connectivity index (χ0v) is 11.6. The summed E-state index contributed by atoms with van der Waals surface area (Å²) in [5.74, 6) is 0.819. The van der Waals surface area contributed by atoms with Crippen molar-refractivity contribution in [3.8, 4) is 0 Å². The van der Waals surface area contributed by atoms with E-state index in [1.54, 1.807) is 12.3 Å². The van der Waals surface area contributed by atoms with Crippen LogP contribution in [0.5, 0.6) is 0 Å². The second-order valence-electron chi connectivity index (χ2n) is 4.54. The molecule has 3 nitrogen and oxygen atoms in total. The van der Waals surface area contributed by atoms with E-state index in [4.69, 9.17) is 0 Å². The van der Waals surface area contributed by atoms with Gasteiger partial charge < -0.3 is 4.90 Å². The van der Waals surface area contributed by atoms with Crippen molar-refractivity contribution in [2.75, 3.05) is 13.1 Å². The highest BCUT2D eigenvalue weighted by molar-refractivity contribution is 9.10. The van der Waals surface area contributed by atoms with Gasteiger partial charge in [0.1, 0.15) is 4.60 Å².